The average molecular weight is 295 g/mol. The minimum atomic E-state index is -0.339. The minimum Gasteiger partial charge on any atom is -0.348 e. The number of nitrogens with two attached hydrogens (primary N) is 1. The summed E-state index contributed by atoms with van der Waals surface area (Å²) in [6, 6.07) is 7.99. The van der Waals surface area contributed by atoms with Crippen molar-refractivity contribution in [3.05, 3.63) is 29.8 Å². The van der Waals surface area contributed by atoms with Gasteiger partial charge in [-0.3, -0.25) is 9.59 Å². The molecule has 0 aromatic heterocycles. The maximum atomic E-state index is 11.6. The molecule has 0 saturated carbocycles. The molecule has 0 aliphatic rings. The van der Waals surface area contributed by atoms with E-state index in [-0.39, 0.29) is 30.9 Å². The minimum absolute atomic E-state index is 0.0514. The second kappa shape index (κ2) is 8.60. The lowest BCUT2D eigenvalue weighted by molar-refractivity contribution is -0.125. The summed E-state index contributed by atoms with van der Waals surface area (Å²) in [7, 11) is 0. The van der Waals surface area contributed by atoms with Crippen LogP contribution in [0.15, 0.2) is 29.2 Å². The van der Waals surface area contributed by atoms with E-state index < -0.39 is 0 Å². The van der Waals surface area contributed by atoms with Gasteiger partial charge >= 0.3 is 0 Å². The highest BCUT2D eigenvalue weighted by Gasteiger charge is 2.10. The van der Waals surface area contributed by atoms with Crippen LogP contribution in [0.5, 0.6) is 0 Å². The number of benzene rings is 1. The smallest absolute Gasteiger partial charge is 0.239 e. The van der Waals surface area contributed by atoms with Gasteiger partial charge in [-0.2, -0.15) is 0 Å². The van der Waals surface area contributed by atoms with Gasteiger partial charge in [-0.05, 0) is 30.4 Å². The van der Waals surface area contributed by atoms with Gasteiger partial charge < -0.3 is 16.4 Å². The number of thioether (sulfide) groups is 1. The Bertz CT molecular complexity index is 448. The molecule has 0 aliphatic heterocycles. The summed E-state index contributed by atoms with van der Waals surface area (Å²) in [6.45, 7) is 3.85. The Morgan fingerprint density at radius 3 is 2.45 bits per heavy atom. The summed E-state index contributed by atoms with van der Waals surface area (Å²) in [5.74, 6) is 0.465. The molecule has 0 saturated heterocycles. The molecule has 1 atom stereocenters. The number of carbonyl (C=O) groups excluding carboxylic acids is 2. The molecule has 1 aromatic rings. The molecule has 1 aromatic carbocycles. The van der Waals surface area contributed by atoms with E-state index in [0.29, 0.717) is 0 Å². The second-order valence-electron chi connectivity index (χ2n) is 4.27. The molecule has 0 bridgehead atoms. The van der Waals surface area contributed by atoms with Crippen molar-refractivity contribution in [2.45, 2.75) is 24.8 Å². The number of amides is 2. The third-order valence-corrected chi connectivity index (χ3v) is 3.59. The monoisotopic (exact) mass is 295 g/mol. The molecule has 0 fully saturated rings. The van der Waals surface area contributed by atoms with Crippen LogP contribution in [-0.4, -0.2) is 30.7 Å². The molecule has 1 rings (SSSR count). The Labute approximate surface area is 123 Å². The van der Waals surface area contributed by atoms with Gasteiger partial charge in [-0.1, -0.05) is 19.1 Å². The van der Waals surface area contributed by atoms with Crippen molar-refractivity contribution in [1.82, 2.24) is 10.6 Å². The largest absolute Gasteiger partial charge is 0.348 e. The maximum Gasteiger partial charge on any atom is 0.239 e. The zero-order valence-electron chi connectivity index (χ0n) is 11.8. The number of nitrogens with one attached hydrogen (secondary N) is 2. The lowest BCUT2D eigenvalue weighted by Gasteiger charge is -2.15. The van der Waals surface area contributed by atoms with Gasteiger partial charge in [0.1, 0.15) is 0 Å². The highest BCUT2D eigenvalue weighted by atomic mass is 32.2. The van der Waals surface area contributed by atoms with Crippen molar-refractivity contribution in [3.63, 3.8) is 0 Å². The first-order chi connectivity index (χ1) is 9.56. The van der Waals surface area contributed by atoms with Crippen molar-refractivity contribution >= 4 is 23.6 Å². The van der Waals surface area contributed by atoms with E-state index in [0.717, 1.165) is 11.3 Å². The number of hydrogen-bond acceptors (Lipinski definition) is 4. The molecule has 110 valence electrons. The number of hydrogen-bond donors (Lipinski definition) is 3. The lowest BCUT2D eigenvalue weighted by atomic mass is 10.1. The third kappa shape index (κ3) is 5.63. The van der Waals surface area contributed by atoms with Crippen molar-refractivity contribution in [2.75, 3.05) is 18.8 Å². The Balaban J connectivity index is 2.47. The highest BCUT2D eigenvalue weighted by molar-refractivity contribution is 7.99. The lowest BCUT2D eigenvalue weighted by Crippen LogP contribution is -2.40. The summed E-state index contributed by atoms with van der Waals surface area (Å²) in [5.41, 5.74) is 6.18. The summed E-state index contributed by atoms with van der Waals surface area (Å²) >= 11 is 1.78. The number of rotatable bonds is 7. The van der Waals surface area contributed by atoms with Crippen molar-refractivity contribution in [2.24, 2.45) is 5.73 Å². The van der Waals surface area contributed by atoms with Crippen molar-refractivity contribution < 1.29 is 9.59 Å². The third-order valence-electron chi connectivity index (χ3n) is 2.70. The van der Waals surface area contributed by atoms with Gasteiger partial charge in [0.2, 0.25) is 11.8 Å². The van der Waals surface area contributed by atoms with Gasteiger partial charge in [-0.15, -0.1) is 11.8 Å². The van der Waals surface area contributed by atoms with E-state index in [2.05, 4.69) is 17.6 Å². The molecule has 2 amide bonds. The fourth-order valence-electron chi connectivity index (χ4n) is 1.65. The van der Waals surface area contributed by atoms with Crippen LogP contribution in [0.3, 0.4) is 0 Å². The standard InChI is InChI=1S/C14H21N3O2S/c1-3-20-12-6-4-11(5-7-12)10(2)17-14(19)9-16-13(18)8-15/h4-7,10H,3,8-9,15H2,1-2H3,(H,16,18)(H,17,19). The summed E-state index contributed by atoms with van der Waals surface area (Å²) in [4.78, 5) is 23.8. The SMILES string of the molecule is CCSc1ccc(C(C)NC(=O)CNC(=O)CN)cc1. The van der Waals surface area contributed by atoms with E-state index in [1.165, 1.54) is 4.90 Å². The highest BCUT2D eigenvalue weighted by Crippen LogP contribution is 2.20. The van der Waals surface area contributed by atoms with Crippen LogP contribution in [0.4, 0.5) is 0 Å². The quantitative estimate of drug-likeness (QED) is 0.657. The molecule has 0 radical (unpaired) electrons. The Hall–Kier alpha value is -1.53. The average Bonchev–Trinajstić information content (AvgIpc) is 2.45. The molecular formula is C14H21N3O2S. The van der Waals surface area contributed by atoms with Crippen LogP contribution in [0.1, 0.15) is 25.5 Å². The normalized spacial score (nSPS) is 11.8. The van der Waals surface area contributed by atoms with Crippen LogP contribution in [-0.2, 0) is 9.59 Å². The van der Waals surface area contributed by atoms with Gasteiger partial charge in [-0.25, -0.2) is 0 Å². The molecule has 0 spiro atoms. The predicted octanol–water partition coefficient (Wildman–Crippen LogP) is 1.05. The van der Waals surface area contributed by atoms with Gasteiger partial charge in [0.05, 0.1) is 19.1 Å². The summed E-state index contributed by atoms with van der Waals surface area (Å²) < 4.78 is 0. The molecule has 4 N–H and O–H groups in total. The van der Waals surface area contributed by atoms with E-state index in [1.54, 1.807) is 11.8 Å². The van der Waals surface area contributed by atoms with E-state index >= 15 is 0 Å². The molecule has 0 heterocycles. The predicted molar refractivity (Wildman–Crippen MR) is 81.5 cm³/mol. The second-order valence-corrected chi connectivity index (χ2v) is 5.61. The molecule has 20 heavy (non-hydrogen) atoms. The molecule has 5 nitrogen and oxygen atoms in total. The van der Waals surface area contributed by atoms with E-state index in [4.69, 9.17) is 5.73 Å². The van der Waals surface area contributed by atoms with Gasteiger partial charge in [0, 0.05) is 4.90 Å². The summed E-state index contributed by atoms with van der Waals surface area (Å²) in [6.07, 6.45) is 0. The van der Waals surface area contributed by atoms with E-state index in [1.807, 2.05) is 31.2 Å². The molecule has 1 unspecified atom stereocenters. The molecule has 6 heteroatoms. The zero-order chi connectivity index (χ0) is 15.0. The fraction of sp³-hybridized carbons (Fsp3) is 0.429. The topological polar surface area (TPSA) is 84.2 Å². The zero-order valence-corrected chi connectivity index (χ0v) is 12.6. The first-order valence-corrected chi connectivity index (χ1v) is 7.54. The summed E-state index contributed by atoms with van der Waals surface area (Å²) in [5, 5.41) is 5.26. The fourth-order valence-corrected chi connectivity index (χ4v) is 2.31. The molecular weight excluding hydrogens is 274 g/mol. The van der Waals surface area contributed by atoms with Gasteiger partial charge in [0.25, 0.3) is 0 Å². The maximum absolute atomic E-state index is 11.6. The Morgan fingerprint density at radius 1 is 1.25 bits per heavy atom. The van der Waals surface area contributed by atoms with Crippen LogP contribution in [0.25, 0.3) is 0 Å². The Morgan fingerprint density at radius 2 is 1.90 bits per heavy atom. The number of carbonyl (C=O) groups is 2. The van der Waals surface area contributed by atoms with Crippen molar-refractivity contribution in [1.29, 1.82) is 0 Å². The van der Waals surface area contributed by atoms with Gasteiger partial charge in [0.15, 0.2) is 0 Å². The first kappa shape index (κ1) is 16.5. The van der Waals surface area contributed by atoms with Crippen LogP contribution in [0, 0.1) is 0 Å². The molecule has 0 aliphatic carbocycles. The van der Waals surface area contributed by atoms with Crippen LogP contribution < -0.4 is 16.4 Å². The van der Waals surface area contributed by atoms with Crippen molar-refractivity contribution in [3.8, 4) is 0 Å². The van der Waals surface area contributed by atoms with Crippen LogP contribution in [0.2, 0.25) is 0 Å². The van der Waals surface area contributed by atoms with E-state index in [9.17, 15) is 9.59 Å². The Kier molecular flexibility index (Phi) is 7.11. The first-order valence-electron chi connectivity index (χ1n) is 6.55. The van der Waals surface area contributed by atoms with Crippen LogP contribution >= 0.6 is 11.8 Å².